The minimum atomic E-state index is 1.22. The molecule has 12 rings (SSSR count). The van der Waals surface area contributed by atoms with Gasteiger partial charge in [0.25, 0.3) is 0 Å². The van der Waals surface area contributed by atoms with Crippen molar-refractivity contribution in [3.8, 4) is 33.4 Å². The van der Waals surface area contributed by atoms with E-state index in [1.807, 2.05) is 0 Å². The van der Waals surface area contributed by atoms with E-state index in [9.17, 15) is 0 Å². The van der Waals surface area contributed by atoms with E-state index in [4.69, 9.17) is 0 Å². The maximum atomic E-state index is 2.43. The van der Waals surface area contributed by atoms with Crippen LogP contribution in [0.2, 0.25) is 0 Å². The van der Waals surface area contributed by atoms with E-state index in [0.29, 0.717) is 0 Å². The first-order chi connectivity index (χ1) is 27.7. The Kier molecular flexibility index (Phi) is 6.73. The molecule has 0 saturated carbocycles. The van der Waals surface area contributed by atoms with Crippen LogP contribution in [0.1, 0.15) is 0 Å². The molecule has 12 aromatic carbocycles. The second-order valence-corrected chi connectivity index (χ2v) is 15.3. The number of hydrogen-bond acceptors (Lipinski definition) is 0. The maximum Gasteiger partial charge on any atom is -0.00201 e. The lowest BCUT2D eigenvalue weighted by Gasteiger charge is -2.18. The summed E-state index contributed by atoms with van der Waals surface area (Å²) in [6.45, 7) is 0. The molecule has 0 heteroatoms. The van der Waals surface area contributed by atoms with Crippen LogP contribution in [0.25, 0.3) is 120 Å². The molecule has 0 aliphatic carbocycles. The molecule has 56 heavy (non-hydrogen) atoms. The molecule has 12 aromatic rings. The summed E-state index contributed by atoms with van der Waals surface area (Å²) in [5, 5.41) is 20.3. The SMILES string of the molecule is c1ccc2c(c1)ccc1cc(-c3ccc4c(-c5cc6ccccc6c6ccccc56)c5cc(-c6ccc7c(ccc8ccccc87)c6)ccc5cc4c3)ccc12. The number of rotatable bonds is 3. The van der Waals surface area contributed by atoms with Gasteiger partial charge < -0.3 is 0 Å². The Labute approximate surface area is 324 Å². The Morgan fingerprint density at radius 3 is 1.18 bits per heavy atom. The Morgan fingerprint density at radius 2 is 0.554 bits per heavy atom. The smallest absolute Gasteiger partial charge is 0.00201 e. The van der Waals surface area contributed by atoms with E-state index in [2.05, 4.69) is 206 Å². The van der Waals surface area contributed by atoms with Gasteiger partial charge in [0, 0.05) is 0 Å². The second kappa shape index (κ2) is 12.1. The van der Waals surface area contributed by atoms with Crippen molar-refractivity contribution in [2.75, 3.05) is 0 Å². The third-order valence-corrected chi connectivity index (χ3v) is 12.1. The van der Waals surface area contributed by atoms with Crippen molar-refractivity contribution < 1.29 is 0 Å². The first-order valence-electron chi connectivity index (χ1n) is 19.5. The van der Waals surface area contributed by atoms with Gasteiger partial charge >= 0.3 is 0 Å². The molecule has 0 N–H and O–H groups in total. The predicted octanol–water partition coefficient (Wildman–Crippen LogP) is 15.9. The minimum absolute atomic E-state index is 1.22. The molecule has 0 heterocycles. The number of fused-ring (bicyclic) bond motifs is 11. The van der Waals surface area contributed by atoms with Crippen molar-refractivity contribution in [1.29, 1.82) is 0 Å². The lowest BCUT2D eigenvalue weighted by molar-refractivity contribution is 1.67. The van der Waals surface area contributed by atoms with Crippen LogP contribution in [0.3, 0.4) is 0 Å². The van der Waals surface area contributed by atoms with Crippen LogP contribution in [-0.4, -0.2) is 0 Å². The highest BCUT2D eigenvalue weighted by Crippen LogP contribution is 2.44. The van der Waals surface area contributed by atoms with Crippen molar-refractivity contribution in [2.45, 2.75) is 0 Å². The standard InChI is InChI=1S/C56H34/c1-4-12-46-35(9-1)17-20-42-29-37(23-26-49(42)46)39-25-28-51-45(31-39)32-44-22-19-40(38-24-27-50-43(30-38)21-18-36-10-2-5-13-47(36)50)33-54(44)56(51)55-34-41-11-3-6-14-48(41)52-15-7-8-16-53(52)55/h1-34H. The zero-order valence-electron chi connectivity index (χ0n) is 30.6. The predicted molar refractivity (Wildman–Crippen MR) is 243 cm³/mol. The van der Waals surface area contributed by atoms with E-state index in [0.717, 1.165) is 0 Å². The molecule has 0 saturated heterocycles. The Hall–Kier alpha value is -7.28. The quantitative estimate of drug-likeness (QED) is 0.127. The van der Waals surface area contributed by atoms with Gasteiger partial charge in [0.15, 0.2) is 0 Å². The third kappa shape index (κ3) is 4.79. The largest absolute Gasteiger partial charge is 0.0616 e. The normalized spacial score (nSPS) is 11.9. The van der Waals surface area contributed by atoms with Crippen molar-refractivity contribution >= 4 is 86.2 Å². The fourth-order valence-electron chi connectivity index (χ4n) is 9.42. The molecule has 0 aliphatic rings. The summed E-state index contributed by atoms with van der Waals surface area (Å²) < 4.78 is 0. The van der Waals surface area contributed by atoms with Crippen LogP contribution in [0.15, 0.2) is 206 Å². The van der Waals surface area contributed by atoms with Crippen molar-refractivity contribution in [2.24, 2.45) is 0 Å². The van der Waals surface area contributed by atoms with Gasteiger partial charge in [-0.1, -0.05) is 170 Å². The molecule has 0 bridgehead atoms. The summed E-state index contributed by atoms with van der Waals surface area (Å²) in [6, 6.07) is 76.9. The molecular weight excluding hydrogens is 673 g/mol. The van der Waals surface area contributed by atoms with Gasteiger partial charge in [0.2, 0.25) is 0 Å². The maximum absolute atomic E-state index is 2.43. The Bertz CT molecular complexity index is 3590. The molecule has 258 valence electrons. The van der Waals surface area contributed by atoms with Gasteiger partial charge in [-0.05, 0) is 156 Å². The number of benzene rings is 12. The molecule has 0 aromatic heterocycles. The van der Waals surface area contributed by atoms with E-state index in [1.54, 1.807) is 0 Å². The van der Waals surface area contributed by atoms with Gasteiger partial charge in [0.05, 0.1) is 0 Å². The molecule has 0 radical (unpaired) electrons. The molecule has 0 spiro atoms. The summed E-state index contributed by atoms with van der Waals surface area (Å²) in [5.41, 5.74) is 7.45. The first-order valence-corrected chi connectivity index (χ1v) is 19.5. The topological polar surface area (TPSA) is 0 Å². The van der Waals surface area contributed by atoms with Crippen LogP contribution in [0, 0.1) is 0 Å². The van der Waals surface area contributed by atoms with Crippen LogP contribution >= 0.6 is 0 Å². The Balaban J connectivity index is 1.10. The first kappa shape index (κ1) is 31.1. The molecule has 0 unspecified atom stereocenters. The molecule has 0 amide bonds. The summed E-state index contributed by atoms with van der Waals surface area (Å²) in [4.78, 5) is 0. The monoisotopic (exact) mass is 706 g/mol. The molecule has 0 atom stereocenters. The average molecular weight is 707 g/mol. The van der Waals surface area contributed by atoms with Crippen molar-refractivity contribution in [3.05, 3.63) is 206 Å². The van der Waals surface area contributed by atoms with E-state index < -0.39 is 0 Å². The molecule has 0 aliphatic heterocycles. The van der Waals surface area contributed by atoms with Gasteiger partial charge in [-0.15, -0.1) is 0 Å². The minimum Gasteiger partial charge on any atom is -0.0616 e. The van der Waals surface area contributed by atoms with Crippen LogP contribution in [0.4, 0.5) is 0 Å². The van der Waals surface area contributed by atoms with Crippen molar-refractivity contribution in [3.63, 3.8) is 0 Å². The van der Waals surface area contributed by atoms with E-state index >= 15 is 0 Å². The number of hydrogen-bond donors (Lipinski definition) is 0. The van der Waals surface area contributed by atoms with Gasteiger partial charge in [-0.2, -0.15) is 0 Å². The second-order valence-electron chi connectivity index (χ2n) is 15.3. The lowest BCUT2D eigenvalue weighted by atomic mass is 9.85. The highest BCUT2D eigenvalue weighted by atomic mass is 14.2. The van der Waals surface area contributed by atoms with Gasteiger partial charge in [-0.25, -0.2) is 0 Å². The van der Waals surface area contributed by atoms with Crippen LogP contribution < -0.4 is 0 Å². The molecule has 0 nitrogen and oxygen atoms in total. The van der Waals surface area contributed by atoms with Gasteiger partial charge in [0.1, 0.15) is 0 Å². The highest BCUT2D eigenvalue weighted by Gasteiger charge is 2.17. The third-order valence-electron chi connectivity index (χ3n) is 12.1. The van der Waals surface area contributed by atoms with E-state index in [1.165, 1.54) is 120 Å². The van der Waals surface area contributed by atoms with Crippen LogP contribution in [-0.2, 0) is 0 Å². The summed E-state index contributed by atoms with van der Waals surface area (Å²) in [6.07, 6.45) is 0. The average Bonchev–Trinajstić information content (AvgIpc) is 3.27. The fraction of sp³-hybridized carbons (Fsp3) is 0. The lowest BCUT2D eigenvalue weighted by Crippen LogP contribution is -1.91. The zero-order chi connectivity index (χ0) is 36.7. The van der Waals surface area contributed by atoms with E-state index in [-0.39, 0.29) is 0 Å². The van der Waals surface area contributed by atoms with Crippen LogP contribution in [0.5, 0.6) is 0 Å². The zero-order valence-corrected chi connectivity index (χ0v) is 30.6. The fourth-order valence-corrected chi connectivity index (χ4v) is 9.42. The molecule has 0 fully saturated rings. The van der Waals surface area contributed by atoms with Crippen molar-refractivity contribution in [1.82, 2.24) is 0 Å². The summed E-state index contributed by atoms with van der Waals surface area (Å²) >= 11 is 0. The summed E-state index contributed by atoms with van der Waals surface area (Å²) in [7, 11) is 0. The van der Waals surface area contributed by atoms with Gasteiger partial charge in [-0.3, -0.25) is 0 Å². The highest BCUT2D eigenvalue weighted by molar-refractivity contribution is 6.22. The Morgan fingerprint density at radius 1 is 0.179 bits per heavy atom. The molecular formula is C56H34. The summed E-state index contributed by atoms with van der Waals surface area (Å²) in [5.74, 6) is 0.